The van der Waals surface area contributed by atoms with Crippen LogP contribution in [0.15, 0.2) is 85.2 Å². The van der Waals surface area contributed by atoms with Gasteiger partial charge in [0.05, 0.1) is 12.0 Å². The lowest BCUT2D eigenvalue weighted by molar-refractivity contribution is -0.0298. The Labute approximate surface area is 263 Å². The molecule has 0 spiro atoms. The van der Waals surface area contributed by atoms with E-state index in [0.29, 0.717) is 54.0 Å². The summed E-state index contributed by atoms with van der Waals surface area (Å²) in [5, 5.41) is 3.32. The number of nitrogens with one attached hydrogen (secondary N) is 1. The Morgan fingerprint density at radius 3 is 2.24 bits per heavy atom. The largest absolute Gasteiger partial charge is 0.367 e. The first-order valence-electron chi connectivity index (χ1n) is 15.8. The third-order valence-corrected chi connectivity index (χ3v) is 8.65. The minimum atomic E-state index is -0.263. The summed E-state index contributed by atoms with van der Waals surface area (Å²) in [4.78, 5) is 21.4. The number of anilines is 4. The minimum Gasteiger partial charge on any atom is -0.367 e. The number of likely N-dealkylation sites (N-methyl/N-ethyl adjacent to an activating group) is 1. The molecular formula is C35H39FN8O. The zero-order valence-electron chi connectivity index (χ0n) is 25.6. The Morgan fingerprint density at radius 2 is 1.60 bits per heavy atom. The molecule has 232 valence electrons. The summed E-state index contributed by atoms with van der Waals surface area (Å²) in [5.74, 6) is 0.827. The third kappa shape index (κ3) is 6.62. The van der Waals surface area contributed by atoms with Crippen molar-refractivity contribution in [2.75, 3.05) is 55.0 Å². The van der Waals surface area contributed by atoms with E-state index in [2.05, 4.69) is 51.3 Å². The molecule has 2 aliphatic rings. The van der Waals surface area contributed by atoms with Crippen molar-refractivity contribution >= 4 is 34.3 Å². The summed E-state index contributed by atoms with van der Waals surface area (Å²) in [6.45, 7) is 5.39. The van der Waals surface area contributed by atoms with Gasteiger partial charge < -0.3 is 24.8 Å². The molecule has 1 atom stereocenters. The zero-order valence-corrected chi connectivity index (χ0v) is 25.6. The zero-order chi connectivity index (χ0) is 30.6. The van der Waals surface area contributed by atoms with Gasteiger partial charge in [-0.15, -0.1) is 0 Å². The van der Waals surface area contributed by atoms with E-state index in [9.17, 15) is 0 Å². The Morgan fingerprint density at radius 1 is 0.889 bits per heavy atom. The fourth-order valence-corrected chi connectivity index (χ4v) is 6.16. The fraction of sp³-hybridized carbons (Fsp3) is 0.343. The highest BCUT2D eigenvalue weighted by Crippen LogP contribution is 2.33. The summed E-state index contributed by atoms with van der Waals surface area (Å²) in [7, 11) is 2.10. The van der Waals surface area contributed by atoms with Crippen molar-refractivity contribution in [3.05, 3.63) is 102 Å². The topological polar surface area (TPSA) is 74.6 Å². The van der Waals surface area contributed by atoms with Crippen LogP contribution in [0.2, 0.25) is 0 Å². The average Bonchev–Trinajstić information content (AvgIpc) is 3.50. The van der Waals surface area contributed by atoms with Gasteiger partial charge in [-0.2, -0.15) is 9.97 Å². The molecule has 2 aromatic heterocycles. The van der Waals surface area contributed by atoms with Crippen molar-refractivity contribution in [2.24, 2.45) is 0 Å². The van der Waals surface area contributed by atoms with Crippen LogP contribution in [0, 0.1) is 5.82 Å². The molecule has 2 saturated heterocycles. The normalized spacial score (nSPS) is 17.5. The molecule has 0 bridgehead atoms. The third-order valence-electron chi connectivity index (χ3n) is 8.65. The number of rotatable bonds is 9. The predicted molar refractivity (Wildman–Crippen MR) is 176 cm³/mol. The van der Waals surface area contributed by atoms with E-state index in [-0.39, 0.29) is 12.0 Å². The number of aromatic nitrogens is 4. The molecule has 0 saturated carbocycles. The van der Waals surface area contributed by atoms with Gasteiger partial charge in [0.15, 0.2) is 17.0 Å². The molecule has 45 heavy (non-hydrogen) atoms. The van der Waals surface area contributed by atoms with Gasteiger partial charge in [0.1, 0.15) is 12.0 Å². The average molecular weight is 607 g/mol. The molecule has 1 unspecified atom stereocenters. The molecule has 0 radical (unpaired) electrons. The van der Waals surface area contributed by atoms with Crippen molar-refractivity contribution in [3.8, 4) is 0 Å². The maximum absolute atomic E-state index is 15.5. The second-order valence-electron chi connectivity index (χ2n) is 11.9. The van der Waals surface area contributed by atoms with E-state index >= 15 is 4.39 Å². The van der Waals surface area contributed by atoms with Gasteiger partial charge in [0.25, 0.3) is 0 Å². The SMILES string of the molecule is CN1CCN(c2ccc(Nc3nc(N(Cc4ccccc4)Cc4ccccc4)c4ncn(C5CCCCO5)c4n3)cc2F)CC1. The van der Waals surface area contributed by atoms with Crippen LogP contribution in [0.3, 0.4) is 0 Å². The van der Waals surface area contributed by atoms with Crippen molar-refractivity contribution < 1.29 is 9.13 Å². The molecule has 10 heteroatoms. The lowest BCUT2D eigenvalue weighted by Gasteiger charge is -2.34. The highest BCUT2D eigenvalue weighted by Gasteiger charge is 2.25. The maximum atomic E-state index is 15.5. The number of imidazole rings is 1. The van der Waals surface area contributed by atoms with Gasteiger partial charge in [0.2, 0.25) is 5.95 Å². The number of fused-ring (bicyclic) bond motifs is 1. The lowest BCUT2D eigenvalue weighted by atomic mass is 10.1. The van der Waals surface area contributed by atoms with Gasteiger partial charge in [-0.05, 0) is 55.6 Å². The summed E-state index contributed by atoms with van der Waals surface area (Å²) in [6.07, 6.45) is 4.70. The molecule has 2 fully saturated rings. The van der Waals surface area contributed by atoms with Gasteiger partial charge in [-0.3, -0.25) is 4.57 Å². The molecule has 7 rings (SSSR count). The molecule has 9 nitrogen and oxygen atoms in total. The van der Waals surface area contributed by atoms with Crippen LogP contribution >= 0.6 is 0 Å². The summed E-state index contributed by atoms with van der Waals surface area (Å²) < 4.78 is 23.6. The van der Waals surface area contributed by atoms with Crippen LogP contribution in [-0.4, -0.2) is 64.3 Å². The van der Waals surface area contributed by atoms with E-state index in [1.54, 1.807) is 0 Å². The van der Waals surface area contributed by atoms with Crippen LogP contribution < -0.4 is 15.1 Å². The summed E-state index contributed by atoms with van der Waals surface area (Å²) in [5.41, 5.74) is 4.93. The summed E-state index contributed by atoms with van der Waals surface area (Å²) >= 11 is 0. The Hall–Kier alpha value is -4.54. The van der Waals surface area contributed by atoms with E-state index in [4.69, 9.17) is 19.7 Å². The van der Waals surface area contributed by atoms with Gasteiger partial charge in [-0.1, -0.05) is 60.7 Å². The molecule has 3 aromatic carbocycles. The highest BCUT2D eigenvalue weighted by atomic mass is 19.1. The van der Waals surface area contributed by atoms with E-state index < -0.39 is 0 Å². The molecule has 1 N–H and O–H groups in total. The predicted octanol–water partition coefficient (Wildman–Crippen LogP) is 6.37. The monoisotopic (exact) mass is 606 g/mol. The van der Waals surface area contributed by atoms with Crippen LogP contribution in [0.25, 0.3) is 11.2 Å². The molecule has 0 amide bonds. The molecule has 5 aromatic rings. The minimum absolute atomic E-state index is 0.142. The number of piperazine rings is 1. The first-order chi connectivity index (χ1) is 22.1. The Bertz CT molecular complexity index is 1680. The first kappa shape index (κ1) is 29.2. The number of nitrogens with zero attached hydrogens (tertiary/aromatic N) is 7. The second kappa shape index (κ2) is 13.2. The molecular weight excluding hydrogens is 567 g/mol. The number of halogens is 1. The lowest BCUT2D eigenvalue weighted by Crippen LogP contribution is -2.44. The molecule has 4 heterocycles. The summed E-state index contributed by atoms with van der Waals surface area (Å²) in [6, 6.07) is 26.0. The highest BCUT2D eigenvalue weighted by molar-refractivity contribution is 5.85. The van der Waals surface area contributed by atoms with E-state index in [0.717, 1.165) is 56.6 Å². The van der Waals surface area contributed by atoms with Crippen molar-refractivity contribution in [1.82, 2.24) is 24.4 Å². The number of benzene rings is 3. The Balaban J connectivity index is 1.27. The standard InChI is InChI=1S/C35H39FN8O/c1-41-17-19-42(20-18-41)30-16-15-28(22-29(30)36)38-35-39-33(32-34(40-35)44(25-37-32)31-14-8-9-21-45-31)43(23-26-10-4-2-5-11-26)24-27-12-6-3-7-13-27/h2-7,10-13,15-16,22,25,31H,8-9,14,17-21,23-24H2,1H3,(H,38,39,40). The molecule has 2 aliphatic heterocycles. The first-order valence-corrected chi connectivity index (χ1v) is 15.8. The second-order valence-corrected chi connectivity index (χ2v) is 11.9. The van der Waals surface area contributed by atoms with Gasteiger partial charge in [-0.25, -0.2) is 9.37 Å². The molecule has 0 aliphatic carbocycles. The van der Waals surface area contributed by atoms with Crippen molar-refractivity contribution in [3.63, 3.8) is 0 Å². The number of hydrogen-bond acceptors (Lipinski definition) is 8. The van der Waals surface area contributed by atoms with Crippen molar-refractivity contribution in [2.45, 2.75) is 38.6 Å². The van der Waals surface area contributed by atoms with Crippen LogP contribution in [0.1, 0.15) is 36.6 Å². The van der Waals surface area contributed by atoms with Crippen molar-refractivity contribution in [1.29, 1.82) is 0 Å². The van der Waals surface area contributed by atoms with Gasteiger partial charge in [0, 0.05) is 51.6 Å². The Kier molecular flexibility index (Phi) is 8.57. The number of hydrogen-bond donors (Lipinski definition) is 1. The van der Waals surface area contributed by atoms with Crippen LogP contribution in [-0.2, 0) is 17.8 Å². The maximum Gasteiger partial charge on any atom is 0.231 e. The smallest absolute Gasteiger partial charge is 0.231 e. The van der Waals surface area contributed by atoms with E-state index in [1.165, 1.54) is 6.07 Å². The van der Waals surface area contributed by atoms with Gasteiger partial charge >= 0.3 is 0 Å². The fourth-order valence-electron chi connectivity index (χ4n) is 6.16. The van der Waals surface area contributed by atoms with Crippen LogP contribution in [0.5, 0.6) is 0 Å². The quantitative estimate of drug-likeness (QED) is 0.208. The van der Waals surface area contributed by atoms with E-state index in [1.807, 2.05) is 59.4 Å². The van der Waals surface area contributed by atoms with Crippen LogP contribution in [0.4, 0.5) is 27.5 Å². The number of ether oxygens (including phenoxy) is 1.